The maximum Gasteiger partial charge on any atom is 0.305 e. The van der Waals surface area contributed by atoms with Gasteiger partial charge in [-0.3, -0.25) is 4.79 Å². The van der Waals surface area contributed by atoms with Gasteiger partial charge in [0.2, 0.25) is 5.95 Å². The van der Waals surface area contributed by atoms with Crippen LogP contribution in [0.2, 0.25) is 10.0 Å². The molecular weight excluding hydrogens is 365 g/mol. The standard InChI is InChI=1S/C17H17Cl2N3O3/c18-12-4-3-11(15(19)6-12)10-25-14-8-20-17(21-9-14)22-5-1-2-13(22)7-16(23)24/h3-4,6,8-9,13H,1-2,5,7,10H2,(H,23,24)/t13-/m0/s1. The molecule has 2 aromatic rings. The smallest absolute Gasteiger partial charge is 0.305 e. The number of anilines is 1. The average molecular weight is 382 g/mol. The van der Waals surface area contributed by atoms with Crippen LogP contribution in [0.3, 0.4) is 0 Å². The van der Waals surface area contributed by atoms with Crippen molar-refractivity contribution in [3.05, 3.63) is 46.2 Å². The molecule has 1 aliphatic rings. The van der Waals surface area contributed by atoms with Crippen molar-refractivity contribution in [1.29, 1.82) is 0 Å². The highest BCUT2D eigenvalue weighted by Gasteiger charge is 2.28. The lowest BCUT2D eigenvalue weighted by Gasteiger charge is -2.23. The Morgan fingerprint density at radius 1 is 1.32 bits per heavy atom. The van der Waals surface area contributed by atoms with Gasteiger partial charge in [-0.05, 0) is 25.0 Å². The van der Waals surface area contributed by atoms with Crippen molar-refractivity contribution in [3.63, 3.8) is 0 Å². The molecule has 1 N–H and O–H groups in total. The normalized spacial score (nSPS) is 16.9. The van der Waals surface area contributed by atoms with E-state index in [9.17, 15) is 4.79 Å². The van der Waals surface area contributed by atoms with Gasteiger partial charge in [-0.1, -0.05) is 29.3 Å². The molecule has 2 heterocycles. The molecule has 25 heavy (non-hydrogen) atoms. The largest absolute Gasteiger partial charge is 0.486 e. The van der Waals surface area contributed by atoms with Gasteiger partial charge in [0, 0.05) is 28.2 Å². The van der Waals surface area contributed by atoms with Gasteiger partial charge in [-0.15, -0.1) is 0 Å². The average Bonchev–Trinajstić information content (AvgIpc) is 3.02. The van der Waals surface area contributed by atoms with Gasteiger partial charge in [0.05, 0.1) is 18.8 Å². The van der Waals surface area contributed by atoms with Crippen molar-refractivity contribution in [1.82, 2.24) is 9.97 Å². The van der Waals surface area contributed by atoms with Gasteiger partial charge in [-0.25, -0.2) is 9.97 Å². The summed E-state index contributed by atoms with van der Waals surface area (Å²) in [4.78, 5) is 21.5. The number of halogens is 2. The Morgan fingerprint density at radius 2 is 2.08 bits per heavy atom. The molecule has 0 radical (unpaired) electrons. The number of carboxylic acid groups (broad SMARTS) is 1. The fraction of sp³-hybridized carbons (Fsp3) is 0.353. The molecule has 8 heteroatoms. The monoisotopic (exact) mass is 381 g/mol. The maximum absolute atomic E-state index is 10.9. The number of carbonyl (C=O) groups is 1. The number of ether oxygens (including phenoxy) is 1. The number of hydrogen-bond donors (Lipinski definition) is 1. The van der Waals surface area contributed by atoms with E-state index < -0.39 is 5.97 Å². The zero-order chi connectivity index (χ0) is 17.8. The minimum absolute atomic E-state index is 0.0582. The quantitative estimate of drug-likeness (QED) is 0.819. The summed E-state index contributed by atoms with van der Waals surface area (Å²) in [5, 5.41) is 10.1. The summed E-state index contributed by atoms with van der Waals surface area (Å²) < 4.78 is 5.66. The Morgan fingerprint density at radius 3 is 2.76 bits per heavy atom. The fourth-order valence-electron chi connectivity index (χ4n) is 2.84. The number of nitrogens with zero attached hydrogens (tertiary/aromatic N) is 3. The first kappa shape index (κ1) is 17.8. The van der Waals surface area contributed by atoms with Gasteiger partial charge in [-0.2, -0.15) is 0 Å². The first-order valence-corrected chi connectivity index (χ1v) is 8.66. The second-order valence-electron chi connectivity index (χ2n) is 5.83. The van der Waals surface area contributed by atoms with Crippen LogP contribution in [-0.4, -0.2) is 33.6 Å². The van der Waals surface area contributed by atoms with E-state index in [-0.39, 0.29) is 19.1 Å². The van der Waals surface area contributed by atoms with Crippen LogP contribution in [0.15, 0.2) is 30.6 Å². The van der Waals surface area contributed by atoms with Gasteiger partial charge < -0.3 is 14.7 Å². The number of aliphatic carboxylic acids is 1. The highest BCUT2D eigenvalue weighted by Crippen LogP contribution is 2.26. The Bertz CT molecular complexity index is 755. The van der Waals surface area contributed by atoms with Crippen LogP contribution in [0.4, 0.5) is 5.95 Å². The Kier molecular flexibility index (Phi) is 5.60. The predicted octanol–water partition coefficient (Wildman–Crippen LogP) is 3.81. The number of benzene rings is 1. The van der Waals surface area contributed by atoms with Crippen molar-refractivity contribution in [2.75, 3.05) is 11.4 Å². The molecule has 0 bridgehead atoms. The zero-order valence-corrected chi connectivity index (χ0v) is 14.9. The SMILES string of the molecule is O=C(O)C[C@@H]1CCCN1c1ncc(OCc2ccc(Cl)cc2Cl)cn1. The lowest BCUT2D eigenvalue weighted by molar-refractivity contribution is -0.137. The first-order chi connectivity index (χ1) is 12.0. The molecule has 1 aromatic heterocycles. The molecule has 0 saturated carbocycles. The third-order valence-electron chi connectivity index (χ3n) is 4.07. The van der Waals surface area contributed by atoms with Gasteiger partial charge in [0.1, 0.15) is 6.61 Å². The summed E-state index contributed by atoms with van der Waals surface area (Å²) >= 11 is 12.0. The predicted molar refractivity (Wildman–Crippen MR) is 95.4 cm³/mol. The Balaban J connectivity index is 1.63. The molecule has 0 spiro atoms. The summed E-state index contributed by atoms with van der Waals surface area (Å²) in [5.74, 6) is 0.237. The molecule has 132 valence electrons. The van der Waals surface area contributed by atoms with Crippen molar-refractivity contribution < 1.29 is 14.6 Å². The fourth-order valence-corrected chi connectivity index (χ4v) is 3.31. The van der Waals surface area contributed by atoms with E-state index in [0.29, 0.717) is 21.7 Å². The number of carboxylic acids is 1. The van der Waals surface area contributed by atoms with E-state index in [1.165, 1.54) is 0 Å². The molecule has 6 nitrogen and oxygen atoms in total. The van der Waals surface area contributed by atoms with Crippen molar-refractivity contribution in [3.8, 4) is 5.75 Å². The van der Waals surface area contributed by atoms with Crippen LogP contribution >= 0.6 is 23.2 Å². The zero-order valence-electron chi connectivity index (χ0n) is 13.4. The summed E-state index contributed by atoms with van der Waals surface area (Å²) in [6.07, 6.45) is 5.04. The first-order valence-electron chi connectivity index (χ1n) is 7.90. The van der Waals surface area contributed by atoms with E-state index in [4.69, 9.17) is 33.0 Å². The van der Waals surface area contributed by atoms with Crippen LogP contribution in [0, 0.1) is 0 Å². The second-order valence-corrected chi connectivity index (χ2v) is 6.67. The van der Waals surface area contributed by atoms with Gasteiger partial charge >= 0.3 is 5.97 Å². The topological polar surface area (TPSA) is 75.5 Å². The summed E-state index contributed by atoms with van der Waals surface area (Å²) in [7, 11) is 0. The molecule has 1 aromatic carbocycles. The second kappa shape index (κ2) is 7.89. The van der Waals surface area contributed by atoms with Crippen LogP contribution in [0.25, 0.3) is 0 Å². The Hall–Kier alpha value is -2.05. The molecule has 1 fully saturated rings. The lowest BCUT2D eigenvalue weighted by atomic mass is 10.1. The summed E-state index contributed by atoms with van der Waals surface area (Å²) in [6, 6.07) is 5.16. The highest BCUT2D eigenvalue weighted by atomic mass is 35.5. The maximum atomic E-state index is 10.9. The molecule has 3 rings (SSSR count). The minimum atomic E-state index is -0.809. The third-order valence-corrected chi connectivity index (χ3v) is 4.66. The van der Waals surface area contributed by atoms with Crippen LogP contribution in [0.5, 0.6) is 5.75 Å². The van der Waals surface area contributed by atoms with E-state index in [0.717, 1.165) is 24.9 Å². The van der Waals surface area contributed by atoms with E-state index in [1.54, 1.807) is 30.6 Å². The summed E-state index contributed by atoms with van der Waals surface area (Å²) in [6.45, 7) is 1.04. The van der Waals surface area contributed by atoms with Crippen LogP contribution in [0.1, 0.15) is 24.8 Å². The number of hydrogen-bond acceptors (Lipinski definition) is 5. The van der Waals surface area contributed by atoms with E-state index >= 15 is 0 Å². The molecule has 0 aliphatic carbocycles. The highest BCUT2D eigenvalue weighted by molar-refractivity contribution is 6.35. The molecule has 1 aliphatic heterocycles. The van der Waals surface area contributed by atoms with Gasteiger partial charge in [0.15, 0.2) is 5.75 Å². The molecule has 0 unspecified atom stereocenters. The molecule has 1 saturated heterocycles. The number of rotatable bonds is 6. The van der Waals surface area contributed by atoms with Crippen LogP contribution in [-0.2, 0) is 11.4 Å². The van der Waals surface area contributed by atoms with E-state index in [2.05, 4.69) is 9.97 Å². The van der Waals surface area contributed by atoms with E-state index in [1.807, 2.05) is 4.90 Å². The number of aromatic nitrogens is 2. The summed E-state index contributed by atoms with van der Waals surface area (Å²) in [5.41, 5.74) is 0.816. The van der Waals surface area contributed by atoms with Crippen molar-refractivity contribution in [2.24, 2.45) is 0 Å². The lowest BCUT2D eigenvalue weighted by Crippen LogP contribution is -2.32. The Labute approximate surface area is 155 Å². The van der Waals surface area contributed by atoms with Crippen molar-refractivity contribution >= 4 is 35.1 Å². The molecular formula is C17H17Cl2N3O3. The van der Waals surface area contributed by atoms with Crippen molar-refractivity contribution in [2.45, 2.75) is 31.9 Å². The minimum Gasteiger partial charge on any atom is -0.486 e. The molecule has 1 atom stereocenters. The van der Waals surface area contributed by atoms with Crippen LogP contribution < -0.4 is 9.64 Å². The van der Waals surface area contributed by atoms with Gasteiger partial charge in [0.25, 0.3) is 0 Å². The third kappa shape index (κ3) is 4.52. The molecule has 0 amide bonds.